The van der Waals surface area contributed by atoms with E-state index in [4.69, 9.17) is 4.74 Å². The molecule has 5 fully saturated rings. The minimum atomic E-state index is -4.66. The van der Waals surface area contributed by atoms with Crippen LogP contribution in [0.25, 0.3) is 0 Å². The molecule has 0 amide bonds. The molecular weight excluding hydrogens is 614 g/mol. The summed E-state index contributed by atoms with van der Waals surface area (Å²) in [7, 11) is 1.56. The highest BCUT2D eigenvalue weighted by atomic mass is 19.4. The Bertz CT molecular complexity index is 1010. The van der Waals surface area contributed by atoms with E-state index in [-0.39, 0.29) is 42.1 Å². The van der Waals surface area contributed by atoms with Gasteiger partial charge in [-0.15, -0.1) is 0 Å². The molecule has 9 atom stereocenters. The van der Waals surface area contributed by atoms with Gasteiger partial charge in [0.05, 0.1) is 13.4 Å². The number of methoxy groups -OCH3 is 1. The van der Waals surface area contributed by atoms with E-state index in [2.05, 4.69) is 17.9 Å². The number of carbonyl (C=O) groups is 1. The molecule has 46 heavy (non-hydrogen) atoms. The molecule has 0 radical (unpaired) electrons. The second kappa shape index (κ2) is 15.2. The monoisotopic (exact) mass is 668 g/mol. The van der Waals surface area contributed by atoms with Crippen molar-refractivity contribution in [3.05, 3.63) is 25.0 Å². The van der Waals surface area contributed by atoms with Gasteiger partial charge in [-0.2, -0.15) is 26.3 Å². The molecule has 5 saturated carbocycles. The number of ether oxygens (including phenoxy) is 2. The summed E-state index contributed by atoms with van der Waals surface area (Å²) in [5.41, 5.74) is -4.89. The molecule has 5 nitrogen and oxygen atoms in total. The summed E-state index contributed by atoms with van der Waals surface area (Å²) in [5.74, 6) is -0.883. The Labute approximate surface area is 270 Å². The molecule has 5 rings (SSSR count). The first-order valence-corrected chi connectivity index (χ1v) is 16.8. The standard InChI is InChI=1S/C21H31F3O3.C11H17F3O.C3H6O/c1-12(2)19(25)27-18-15-10-6-4-8-13(15)17(20(3,26)21(22,23)24)14-9-5-7-11-16(14)18;1-10(15,11(12,13)14)6-9-5-7-2-3-8(9)4-7;1-3-4-2/h13-18,26H,1,4-11H2,2-3H3;7-9,15H,2-6H2,1H3;3H,1H2,2H3. The Balaban J connectivity index is 0.000000254. The number of rotatable bonds is 6. The highest BCUT2D eigenvalue weighted by Crippen LogP contribution is 2.59. The van der Waals surface area contributed by atoms with Crippen LogP contribution in [0.3, 0.4) is 0 Å². The molecule has 0 aromatic carbocycles. The van der Waals surface area contributed by atoms with E-state index in [1.165, 1.54) is 12.7 Å². The fraction of sp³-hybridized carbons (Fsp3) is 0.857. The largest absolute Gasteiger partial charge is 0.505 e. The van der Waals surface area contributed by atoms with Crippen molar-refractivity contribution < 1.29 is 50.8 Å². The summed E-state index contributed by atoms with van der Waals surface area (Å²) < 4.78 is 89.0. The van der Waals surface area contributed by atoms with Crippen molar-refractivity contribution in [3.63, 3.8) is 0 Å². The van der Waals surface area contributed by atoms with Crippen molar-refractivity contribution in [3.8, 4) is 0 Å². The Morgan fingerprint density at radius 2 is 1.30 bits per heavy atom. The molecule has 9 unspecified atom stereocenters. The Morgan fingerprint density at radius 3 is 1.65 bits per heavy atom. The van der Waals surface area contributed by atoms with Gasteiger partial charge in [-0.3, -0.25) is 0 Å². The average Bonchev–Trinajstić information content (AvgIpc) is 3.59. The summed E-state index contributed by atoms with van der Waals surface area (Å²) in [6.45, 7) is 10.4. The molecule has 0 saturated heterocycles. The summed E-state index contributed by atoms with van der Waals surface area (Å²) in [4.78, 5) is 12.2. The van der Waals surface area contributed by atoms with Crippen LogP contribution in [-0.2, 0) is 14.3 Å². The van der Waals surface area contributed by atoms with Crippen LogP contribution in [0.4, 0.5) is 26.3 Å². The average molecular weight is 669 g/mol. The molecule has 5 aliphatic carbocycles. The van der Waals surface area contributed by atoms with E-state index in [1.54, 1.807) is 14.0 Å². The third kappa shape index (κ3) is 8.63. The van der Waals surface area contributed by atoms with Crippen LogP contribution in [-0.4, -0.2) is 53.0 Å². The first-order valence-electron chi connectivity index (χ1n) is 16.8. The van der Waals surface area contributed by atoms with Gasteiger partial charge in [0.15, 0.2) is 11.2 Å². The van der Waals surface area contributed by atoms with Crippen LogP contribution in [0.1, 0.15) is 104 Å². The first-order chi connectivity index (χ1) is 21.3. The van der Waals surface area contributed by atoms with E-state index in [0.717, 1.165) is 71.6 Å². The van der Waals surface area contributed by atoms with Crippen LogP contribution in [0.2, 0.25) is 0 Å². The number of aliphatic hydroxyl groups is 2. The predicted octanol–water partition coefficient (Wildman–Crippen LogP) is 8.93. The number of alkyl halides is 6. The van der Waals surface area contributed by atoms with E-state index in [0.29, 0.717) is 30.3 Å². The molecule has 5 aliphatic rings. The van der Waals surface area contributed by atoms with Crippen LogP contribution in [0.5, 0.6) is 0 Å². The van der Waals surface area contributed by atoms with Gasteiger partial charge in [-0.25, -0.2) is 4.79 Å². The highest BCUT2D eigenvalue weighted by Gasteiger charge is 2.64. The smallest absolute Gasteiger partial charge is 0.417 e. The van der Waals surface area contributed by atoms with Crippen molar-refractivity contribution in [2.45, 2.75) is 134 Å². The van der Waals surface area contributed by atoms with Gasteiger partial charge in [0.1, 0.15) is 6.10 Å². The third-order valence-electron chi connectivity index (χ3n) is 11.7. The number of carbonyl (C=O) groups excluding carboxylic acids is 1. The van der Waals surface area contributed by atoms with Crippen molar-refractivity contribution >= 4 is 5.97 Å². The van der Waals surface area contributed by atoms with Gasteiger partial charge in [0, 0.05) is 11.5 Å². The number of halogens is 6. The quantitative estimate of drug-likeness (QED) is 0.128. The lowest BCUT2D eigenvalue weighted by Crippen LogP contribution is -2.62. The number of hydrogen-bond acceptors (Lipinski definition) is 5. The Kier molecular flexibility index (Phi) is 12.8. The summed E-state index contributed by atoms with van der Waals surface area (Å²) in [6, 6.07) is 0. The maximum absolute atomic E-state index is 13.8. The maximum Gasteiger partial charge on any atom is 0.417 e. The lowest BCUT2D eigenvalue weighted by Gasteiger charge is -2.58. The normalized spacial score (nSPS) is 36.1. The highest BCUT2D eigenvalue weighted by molar-refractivity contribution is 5.87. The van der Waals surface area contributed by atoms with Gasteiger partial charge in [0.2, 0.25) is 0 Å². The topological polar surface area (TPSA) is 76.0 Å². The fourth-order valence-electron chi connectivity index (χ4n) is 9.39. The SMILES string of the molecule is C=C(C)C(=O)OC1C2CCCCC2C(C(C)(O)C(F)(F)F)C2CCCCC21.C=COC.CC(O)(CC1CC2CCC1C2)C(F)(F)F. The third-order valence-corrected chi connectivity index (χ3v) is 11.7. The minimum Gasteiger partial charge on any atom is -0.505 e. The molecule has 266 valence electrons. The van der Waals surface area contributed by atoms with Gasteiger partial charge >= 0.3 is 18.3 Å². The Morgan fingerprint density at radius 1 is 0.826 bits per heavy atom. The number of esters is 1. The molecule has 11 heteroatoms. The van der Waals surface area contributed by atoms with Crippen molar-refractivity contribution in [2.24, 2.45) is 47.3 Å². The summed E-state index contributed by atoms with van der Waals surface area (Å²) in [5, 5.41) is 20.1. The first kappa shape index (κ1) is 38.7. The zero-order chi connectivity index (χ0) is 34.7. The van der Waals surface area contributed by atoms with Crippen molar-refractivity contribution in [1.29, 1.82) is 0 Å². The van der Waals surface area contributed by atoms with Crippen LogP contribution in [0, 0.1) is 47.3 Å². The number of fused-ring (bicyclic) bond motifs is 4. The fourth-order valence-corrected chi connectivity index (χ4v) is 9.39. The maximum atomic E-state index is 13.8. The summed E-state index contributed by atoms with van der Waals surface area (Å²) in [6.07, 6.45) is 2.38. The molecule has 2 bridgehead atoms. The second-order valence-corrected chi connectivity index (χ2v) is 14.9. The lowest BCUT2D eigenvalue weighted by atomic mass is 9.50. The molecule has 0 aromatic heterocycles. The predicted molar refractivity (Wildman–Crippen MR) is 163 cm³/mol. The van der Waals surface area contributed by atoms with Crippen molar-refractivity contribution in [1.82, 2.24) is 0 Å². The van der Waals surface area contributed by atoms with Crippen LogP contribution in [0.15, 0.2) is 25.0 Å². The number of hydrogen-bond donors (Lipinski definition) is 2. The van der Waals surface area contributed by atoms with Gasteiger partial charge < -0.3 is 19.7 Å². The zero-order valence-corrected chi connectivity index (χ0v) is 27.8. The van der Waals surface area contributed by atoms with Gasteiger partial charge in [-0.1, -0.05) is 45.3 Å². The summed E-state index contributed by atoms with van der Waals surface area (Å²) >= 11 is 0. The molecule has 0 aliphatic heterocycles. The minimum absolute atomic E-state index is 0.0837. The van der Waals surface area contributed by atoms with E-state index in [9.17, 15) is 41.4 Å². The lowest BCUT2D eigenvalue weighted by molar-refractivity contribution is -0.302. The molecule has 0 aromatic rings. The van der Waals surface area contributed by atoms with Gasteiger partial charge in [-0.05, 0) is 114 Å². The van der Waals surface area contributed by atoms with Crippen molar-refractivity contribution in [2.75, 3.05) is 7.11 Å². The molecule has 0 spiro atoms. The van der Waals surface area contributed by atoms with E-state index < -0.39 is 35.4 Å². The van der Waals surface area contributed by atoms with E-state index in [1.807, 2.05) is 0 Å². The second-order valence-electron chi connectivity index (χ2n) is 14.9. The Hall–Kier alpha value is -1.75. The van der Waals surface area contributed by atoms with Gasteiger partial charge in [0.25, 0.3) is 0 Å². The molecular formula is C35H54F6O5. The van der Waals surface area contributed by atoms with Crippen LogP contribution >= 0.6 is 0 Å². The van der Waals surface area contributed by atoms with Crippen LogP contribution < -0.4 is 0 Å². The molecule has 0 heterocycles. The zero-order valence-electron chi connectivity index (χ0n) is 27.8. The van der Waals surface area contributed by atoms with E-state index >= 15 is 0 Å². The molecule has 2 N–H and O–H groups in total.